The molecule has 2 rings (SSSR count). The zero-order valence-electron chi connectivity index (χ0n) is 15.2. The van der Waals surface area contributed by atoms with Gasteiger partial charge in [0.1, 0.15) is 11.5 Å². The molecule has 2 N–H and O–H groups in total. The highest BCUT2D eigenvalue weighted by atomic mass is 79.9. The summed E-state index contributed by atoms with van der Waals surface area (Å²) in [5.41, 5.74) is 5.73. The number of hydrazine groups is 1. The highest BCUT2D eigenvalue weighted by Crippen LogP contribution is 2.16. The summed E-state index contributed by atoms with van der Waals surface area (Å²) in [5, 5.41) is 0. The molecule has 0 bridgehead atoms. The number of nitrogens with zero attached hydrogens (tertiary/aromatic N) is 1. The van der Waals surface area contributed by atoms with Gasteiger partial charge in [-0.3, -0.25) is 25.3 Å². The fourth-order valence-corrected chi connectivity index (χ4v) is 2.54. The zero-order valence-corrected chi connectivity index (χ0v) is 16.8. The van der Waals surface area contributed by atoms with Crippen LogP contribution >= 0.6 is 15.9 Å². The molecule has 27 heavy (non-hydrogen) atoms. The molecule has 0 aliphatic rings. The van der Waals surface area contributed by atoms with Gasteiger partial charge in [-0.2, -0.15) is 0 Å². The van der Waals surface area contributed by atoms with Crippen LogP contribution in [0.25, 0.3) is 0 Å². The van der Waals surface area contributed by atoms with E-state index in [9.17, 15) is 9.59 Å². The summed E-state index contributed by atoms with van der Waals surface area (Å²) in [5.74, 6) is 0.570. The molecule has 2 amide bonds. The van der Waals surface area contributed by atoms with Crippen LogP contribution in [-0.4, -0.2) is 44.0 Å². The van der Waals surface area contributed by atoms with Crippen LogP contribution in [-0.2, 0) is 16.1 Å². The Balaban J connectivity index is 1.68. The second kappa shape index (κ2) is 10.5. The van der Waals surface area contributed by atoms with Gasteiger partial charge in [0.2, 0.25) is 0 Å². The van der Waals surface area contributed by atoms with Gasteiger partial charge < -0.3 is 9.47 Å². The molecule has 8 heteroatoms. The van der Waals surface area contributed by atoms with Crippen LogP contribution in [0.3, 0.4) is 0 Å². The number of ether oxygens (including phenoxy) is 2. The molecule has 7 nitrogen and oxygen atoms in total. The summed E-state index contributed by atoms with van der Waals surface area (Å²) < 4.78 is 11.4. The van der Waals surface area contributed by atoms with Crippen LogP contribution in [0.1, 0.15) is 5.56 Å². The Bertz CT molecular complexity index is 768. The molecule has 0 unspecified atom stereocenters. The maximum absolute atomic E-state index is 11.9. The molecule has 0 saturated heterocycles. The van der Waals surface area contributed by atoms with Crippen molar-refractivity contribution in [2.75, 3.05) is 27.3 Å². The quantitative estimate of drug-likeness (QED) is 0.620. The van der Waals surface area contributed by atoms with Crippen molar-refractivity contribution in [1.29, 1.82) is 0 Å². The fraction of sp³-hybridized carbons (Fsp3) is 0.263. The van der Waals surface area contributed by atoms with Crippen LogP contribution in [0.15, 0.2) is 53.0 Å². The molecule has 0 spiro atoms. The predicted molar refractivity (Wildman–Crippen MR) is 105 cm³/mol. The number of benzene rings is 2. The molecule has 144 valence electrons. The number of methoxy groups -OCH3 is 1. The summed E-state index contributed by atoms with van der Waals surface area (Å²) in [6, 6.07) is 14.7. The maximum Gasteiger partial charge on any atom is 0.276 e. The van der Waals surface area contributed by atoms with Crippen molar-refractivity contribution in [1.82, 2.24) is 15.8 Å². The fourth-order valence-electron chi connectivity index (χ4n) is 2.28. The first-order valence-corrected chi connectivity index (χ1v) is 9.03. The van der Waals surface area contributed by atoms with Gasteiger partial charge in [-0.05, 0) is 49.0 Å². The average Bonchev–Trinajstić information content (AvgIpc) is 2.66. The van der Waals surface area contributed by atoms with E-state index in [1.807, 2.05) is 48.3 Å². The van der Waals surface area contributed by atoms with Gasteiger partial charge >= 0.3 is 0 Å². The molecular weight excluding hydrogens is 414 g/mol. The Morgan fingerprint density at radius 2 is 1.74 bits per heavy atom. The third-order valence-corrected chi connectivity index (χ3v) is 4.05. The predicted octanol–water partition coefficient (Wildman–Crippen LogP) is 2.12. The van der Waals surface area contributed by atoms with E-state index in [4.69, 9.17) is 9.47 Å². The Labute approximate surface area is 166 Å². The van der Waals surface area contributed by atoms with Crippen LogP contribution in [0, 0.1) is 0 Å². The first-order valence-electron chi connectivity index (χ1n) is 8.24. The number of halogens is 1. The first kappa shape index (κ1) is 20.7. The monoisotopic (exact) mass is 435 g/mol. The van der Waals surface area contributed by atoms with E-state index in [0.29, 0.717) is 12.3 Å². The van der Waals surface area contributed by atoms with E-state index < -0.39 is 5.91 Å². The molecule has 0 heterocycles. The van der Waals surface area contributed by atoms with Crippen LogP contribution < -0.4 is 20.3 Å². The van der Waals surface area contributed by atoms with Crippen molar-refractivity contribution in [2.24, 2.45) is 0 Å². The third kappa shape index (κ3) is 7.67. The lowest BCUT2D eigenvalue weighted by Crippen LogP contribution is -2.47. The number of carbonyl (C=O) groups excluding carboxylic acids is 2. The average molecular weight is 436 g/mol. The van der Waals surface area contributed by atoms with Gasteiger partial charge in [-0.1, -0.05) is 28.1 Å². The molecular formula is C19H22BrN3O4. The minimum absolute atomic E-state index is 0.130. The van der Waals surface area contributed by atoms with Crippen molar-refractivity contribution >= 4 is 27.7 Å². The van der Waals surface area contributed by atoms with Gasteiger partial charge in [0, 0.05) is 11.0 Å². The number of carbonyl (C=O) groups is 2. The number of amides is 2. The largest absolute Gasteiger partial charge is 0.497 e. The van der Waals surface area contributed by atoms with Gasteiger partial charge in [0.05, 0.1) is 13.7 Å². The molecule has 0 aromatic heterocycles. The number of nitrogens with one attached hydrogen (secondary N) is 2. The molecule has 2 aromatic carbocycles. The van der Waals surface area contributed by atoms with E-state index in [1.54, 1.807) is 19.2 Å². The molecule has 2 aromatic rings. The van der Waals surface area contributed by atoms with Gasteiger partial charge in [-0.25, -0.2) is 0 Å². The molecule has 0 fully saturated rings. The van der Waals surface area contributed by atoms with Crippen LogP contribution in [0.4, 0.5) is 0 Å². The normalized spacial score (nSPS) is 10.4. The SMILES string of the molecule is COc1cccc(CN(C)CC(=O)NNC(=O)COc2ccc(Br)cc2)c1. The summed E-state index contributed by atoms with van der Waals surface area (Å²) in [7, 11) is 3.43. The smallest absolute Gasteiger partial charge is 0.276 e. The summed E-state index contributed by atoms with van der Waals surface area (Å²) in [6.07, 6.45) is 0. The van der Waals surface area contributed by atoms with E-state index >= 15 is 0 Å². The van der Waals surface area contributed by atoms with Crippen molar-refractivity contribution in [3.05, 3.63) is 58.6 Å². The lowest BCUT2D eigenvalue weighted by atomic mass is 10.2. The number of likely N-dealkylation sites (N-methyl/N-ethyl adjacent to an activating group) is 1. The molecule has 0 atom stereocenters. The Hall–Kier alpha value is -2.58. The van der Waals surface area contributed by atoms with Gasteiger partial charge in [-0.15, -0.1) is 0 Å². The lowest BCUT2D eigenvalue weighted by Gasteiger charge is -2.17. The highest BCUT2D eigenvalue weighted by molar-refractivity contribution is 9.10. The van der Waals surface area contributed by atoms with Crippen LogP contribution in [0.5, 0.6) is 11.5 Å². The van der Waals surface area contributed by atoms with Crippen molar-refractivity contribution in [3.8, 4) is 11.5 Å². The molecule has 0 saturated carbocycles. The Morgan fingerprint density at radius 1 is 1.04 bits per heavy atom. The Kier molecular flexibility index (Phi) is 8.09. The van der Waals surface area contributed by atoms with E-state index in [-0.39, 0.29) is 19.1 Å². The molecule has 0 radical (unpaired) electrons. The van der Waals surface area contributed by atoms with Gasteiger partial charge in [0.25, 0.3) is 11.8 Å². The zero-order chi connectivity index (χ0) is 19.6. The topological polar surface area (TPSA) is 79.9 Å². The highest BCUT2D eigenvalue weighted by Gasteiger charge is 2.09. The number of rotatable bonds is 8. The van der Waals surface area contributed by atoms with Crippen molar-refractivity contribution in [2.45, 2.75) is 6.54 Å². The summed E-state index contributed by atoms with van der Waals surface area (Å²) in [4.78, 5) is 25.5. The Morgan fingerprint density at radius 3 is 2.44 bits per heavy atom. The second-order valence-corrected chi connectivity index (χ2v) is 6.78. The van der Waals surface area contributed by atoms with Crippen molar-refractivity contribution < 1.29 is 19.1 Å². The second-order valence-electron chi connectivity index (χ2n) is 5.86. The lowest BCUT2D eigenvalue weighted by molar-refractivity contribution is -0.130. The minimum atomic E-state index is -0.443. The van der Waals surface area contributed by atoms with Gasteiger partial charge in [0.15, 0.2) is 6.61 Å². The van der Waals surface area contributed by atoms with Crippen molar-refractivity contribution in [3.63, 3.8) is 0 Å². The molecule has 0 aliphatic heterocycles. The number of hydrogen-bond donors (Lipinski definition) is 2. The van der Waals surface area contributed by atoms with Crippen LogP contribution in [0.2, 0.25) is 0 Å². The maximum atomic E-state index is 11.9. The number of hydrogen-bond acceptors (Lipinski definition) is 5. The molecule has 0 aliphatic carbocycles. The summed E-state index contributed by atoms with van der Waals surface area (Å²) in [6.45, 7) is 0.512. The van der Waals surface area contributed by atoms with E-state index in [2.05, 4.69) is 26.8 Å². The first-order chi connectivity index (χ1) is 13.0. The summed E-state index contributed by atoms with van der Waals surface area (Å²) >= 11 is 3.32. The van der Waals surface area contributed by atoms with E-state index in [1.165, 1.54) is 0 Å². The van der Waals surface area contributed by atoms with E-state index in [0.717, 1.165) is 15.8 Å². The third-order valence-electron chi connectivity index (χ3n) is 3.53. The minimum Gasteiger partial charge on any atom is -0.497 e. The standard InChI is InChI=1S/C19H22BrN3O4/c1-23(11-14-4-3-5-17(10-14)26-2)12-18(24)21-22-19(25)13-27-16-8-6-15(20)7-9-16/h3-10H,11-13H2,1-2H3,(H,21,24)(H,22,25).